The molecule has 0 N–H and O–H groups in total. The van der Waals surface area contributed by atoms with Crippen molar-refractivity contribution in [3.05, 3.63) is 53.9 Å². The molecule has 1 aliphatic rings. The van der Waals surface area contributed by atoms with Gasteiger partial charge in [0.2, 0.25) is 5.95 Å². The van der Waals surface area contributed by atoms with Crippen LogP contribution in [0.5, 0.6) is 0 Å². The number of amides is 1. The Morgan fingerprint density at radius 3 is 2.52 bits per heavy atom. The van der Waals surface area contributed by atoms with Gasteiger partial charge in [-0.2, -0.15) is 0 Å². The molecule has 1 saturated heterocycles. The van der Waals surface area contributed by atoms with Crippen molar-refractivity contribution in [3.63, 3.8) is 0 Å². The first-order chi connectivity index (χ1) is 12.2. The average molecular weight is 339 g/mol. The van der Waals surface area contributed by atoms with Gasteiger partial charge in [0.1, 0.15) is 5.69 Å². The van der Waals surface area contributed by atoms with Gasteiger partial charge in [-0.25, -0.2) is 9.97 Å². The van der Waals surface area contributed by atoms with Crippen molar-refractivity contribution in [2.75, 3.05) is 44.7 Å². The second-order valence-corrected chi connectivity index (χ2v) is 6.31. The van der Waals surface area contributed by atoms with Crippen molar-refractivity contribution in [1.82, 2.24) is 19.8 Å². The smallest absolute Gasteiger partial charge is 0.272 e. The van der Waals surface area contributed by atoms with Crippen LogP contribution in [-0.4, -0.2) is 65.4 Å². The largest absolute Gasteiger partial charge is 0.338 e. The Bertz CT molecular complexity index is 698. The molecule has 0 radical (unpaired) electrons. The number of carbonyl (C=O) groups is 1. The Morgan fingerprint density at radius 1 is 1.12 bits per heavy atom. The molecular weight excluding hydrogens is 314 g/mol. The summed E-state index contributed by atoms with van der Waals surface area (Å²) < 4.78 is 0. The van der Waals surface area contributed by atoms with E-state index in [1.54, 1.807) is 24.2 Å². The van der Waals surface area contributed by atoms with E-state index in [4.69, 9.17) is 0 Å². The van der Waals surface area contributed by atoms with Gasteiger partial charge in [0.15, 0.2) is 0 Å². The lowest BCUT2D eigenvalue weighted by Crippen LogP contribution is -2.46. The molecule has 0 atom stereocenters. The van der Waals surface area contributed by atoms with Gasteiger partial charge in [-0.1, -0.05) is 37.3 Å². The Labute approximate surface area is 149 Å². The first-order valence-electron chi connectivity index (χ1n) is 8.77. The summed E-state index contributed by atoms with van der Waals surface area (Å²) in [6.07, 6.45) is 1.68. The molecule has 0 spiro atoms. The number of rotatable bonds is 5. The van der Waals surface area contributed by atoms with Crippen molar-refractivity contribution in [1.29, 1.82) is 0 Å². The van der Waals surface area contributed by atoms with E-state index in [1.165, 1.54) is 0 Å². The van der Waals surface area contributed by atoms with E-state index >= 15 is 0 Å². The summed E-state index contributed by atoms with van der Waals surface area (Å²) in [5, 5.41) is 0. The predicted molar refractivity (Wildman–Crippen MR) is 98.6 cm³/mol. The van der Waals surface area contributed by atoms with E-state index in [9.17, 15) is 4.79 Å². The highest BCUT2D eigenvalue weighted by Gasteiger charge is 2.20. The molecular formula is C19H25N5O. The second kappa shape index (κ2) is 8.07. The normalized spacial score (nSPS) is 15.2. The number of anilines is 1. The highest BCUT2D eigenvalue weighted by Crippen LogP contribution is 2.13. The van der Waals surface area contributed by atoms with Crippen LogP contribution in [0, 0.1) is 0 Å². The van der Waals surface area contributed by atoms with Gasteiger partial charge >= 0.3 is 0 Å². The van der Waals surface area contributed by atoms with E-state index in [1.807, 2.05) is 30.3 Å². The minimum Gasteiger partial charge on any atom is -0.338 e. The fourth-order valence-corrected chi connectivity index (χ4v) is 3.01. The van der Waals surface area contributed by atoms with Crippen LogP contribution in [-0.2, 0) is 6.54 Å². The zero-order valence-corrected chi connectivity index (χ0v) is 14.9. The van der Waals surface area contributed by atoms with Crippen molar-refractivity contribution >= 4 is 11.9 Å². The standard InChI is InChI=1S/C19H25N5O/c1-3-23-11-13-24(14-12-23)19-20-10-9-17(21-19)18(25)22(2)15-16-7-5-4-6-8-16/h4-10H,3,11-15H2,1-2H3. The summed E-state index contributed by atoms with van der Waals surface area (Å²) in [6.45, 7) is 7.61. The fraction of sp³-hybridized carbons (Fsp3) is 0.421. The molecule has 1 amide bonds. The van der Waals surface area contributed by atoms with Gasteiger partial charge < -0.3 is 14.7 Å². The van der Waals surface area contributed by atoms with Gasteiger partial charge in [-0.05, 0) is 18.2 Å². The van der Waals surface area contributed by atoms with Crippen molar-refractivity contribution in [2.24, 2.45) is 0 Å². The van der Waals surface area contributed by atoms with Gasteiger partial charge in [0.25, 0.3) is 5.91 Å². The highest BCUT2D eigenvalue weighted by atomic mass is 16.2. The predicted octanol–water partition coefficient (Wildman–Crippen LogP) is 1.89. The summed E-state index contributed by atoms with van der Waals surface area (Å²) in [5.74, 6) is 0.564. The van der Waals surface area contributed by atoms with E-state index < -0.39 is 0 Å². The minimum atomic E-state index is -0.0836. The summed E-state index contributed by atoms with van der Waals surface area (Å²) in [4.78, 5) is 27.8. The minimum absolute atomic E-state index is 0.0836. The van der Waals surface area contributed by atoms with Gasteiger partial charge in [-0.15, -0.1) is 0 Å². The molecule has 2 aromatic rings. The van der Waals surface area contributed by atoms with Crippen LogP contribution in [0.15, 0.2) is 42.6 Å². The maximum Gasteiger partial charge on any atom is 0.272 e. The molecule has 1 aliphatic heterocycles. The monoisotopic (exact) mass is 339 g/mol. The third kappa shape index (κ3) is 4.33. The molecule has 2 heterocycles. The topological polar surface area (TPSA) is 52.6 Å². The number of piperazine rings is 1. The zero-order valence-electron chi connectivity index (χ0n) is 14.9. The molecule has 132 valence electrons. The van der Waals surface area contributed by atoms with Crippen molar-refractivity contribution < 1.29 is 4.79 Å². The van der Waals surface area contributed by atoms with Crippen LogP contribution < -0.4 is 4.90 Å². The van der Waals surface area contributed by atoms with E-state index in [-0.39, 0.29) is 5.91 Å². The molecule has 0 bridgehead atoms. The summed E-state index contributed by atoms with van der Waals surface area (Å²) >= 11 is 0. The van der Waals surface area contributed by atoms with Crippen LogP contribution >= 0.6 is 0 Å². The molecule has 25 heavy (non-hydrogen) atoms. The number of aromatic nitrogens is 2. The Balaban J connectivity index is 1.67. The lowest BCUT2D eigenvalue weighted by molar-refractivity contribution is 0.0779. The molecule has 6 nitrogen and oxygen atoms in total. The second-order valence-electron chi connectivity index (χ2n) is 6.31. The van der Waals surface area contributed by atoms with Gasteiger partial charge in [-0.3, -0.25) is 4.79 Å². The number of carbonyl (C=O) groups excluding carboxylic acids is 1. The molecule has 0 aliphatic carbocycles. The molecule has 6 heteroatoms. The Hall–Kier alpha value is -2.47. The molecule has 3 rings (SSSR count). The zero-order chi connectivity index (χ0) is 17.6. The SMILES string of the molecule is CCN1CCN(c2nccc(C(=O)N(C)Cc3ccccc3)n2)CC1. The molecule has 1 fully saturated rings. The lowest BCUT2D eigenvalue weighted by atomic mass is 10.2. The van der Waals surface area contributed by atoms with Gasteiger partial charge in [0.05, 0.1) is 0 Å². The number of likely N-dealkylation sites (N-methyl/N-ethyl adjacent to an activating group) is 1. The van der Waals surface area contributed by atoms with Crippen LogP contribution in [0.2, 0.25) is 0 Å². The average Bonchev–Trinajstić information content (AvgIpc) is 2.68. The van der Waals surface area contributed by atoms with E-state index in [2.05, 4.69) is 26.7 Å². The van der Waals surface area contributed by atoms with Crippen molar-refractivity contribution in [3.8, 4) is 0 Å². The van der Waals surface area contributed by atoms with Crippen molar-refractivity contribution in [2.45, 2.75) is 13.5 Å². The quantitative estimate of drug-likeness (QED) is 0.833. The van der Waals surface area contributed by atoms with Crippen LogP contribution in [0.1, 0.15) is 23.0 Å². The highest BCUT2D eigenvalue weighted by molar-refractivity contribution is 5.92. The van der Waals surface area contributed by atoms with Crippen LogP contribution in [0.25, 0.3) is 0 Å². The molecule has 0 saturated carbocycles. The number of nitrogens with zero attached hydrogens (tertiary/aromatic N) is 5. The molecule has 0 unspecified atom stereocenters. The first-order valence-corrected chi connectivity index (χ1v) is 8.77. The van der Waals surface area contributed by atoms with Gasteiger partial charge in [0, 0.05) is 46.0 Å². The third-order valence-corrected chi connectivity index (χ3v) is 4.57. The summed E-state index contributed by atoms with van der Waals surface area (Å²) in [6, 6.07) is 11.7. The summed E-state index contributed by atoms with van der Waals surface area (Å²) in [7, 11) is 1.80. The molecule has 1 aromatic heterocycles. The maximum absolute atomic E-state index is 12.7. The molecule has 1 aromatic carbocycles. The summed E-state index contributed by atoms with van der Waals surface area (Å²) in [5.41, 5.74) is 1.55. The van der Waals surface area contributed by atoms with E-state index in [0.717, 1.165) is 38.3 Å². The number of benzene rings is 1. The van der Waals surface area contributed by atoms with Crippen LogP contribution in [0.3, 0.4) is 0 Å². The fourth-order valence-electron chi connectivity index (χ4n) is 3.01. The first kappa shape index (κ1) is 17.4. The lowest BCUT2D eigenvalue weighted by Gasteiger charge is -2.34. The number of hydrogen-bond acceptors (Lipinski definition) is 5. The maximum atomic E-state index is 12.7. The Morgan fingerprint density at radius 2 is 1.84 bits per heavy atom. The van der Waals surface area contributed by atoms with E-state index in [0.29, 0.717) is 18.2 Å². The Kier molecular flexibility index (Phi) is 5.60. The van der Waals surface area contributed by atoms with Crippen LogP contribution in [0.4, 0.5) is 5.95 Å². The third-order valence-electron chi connectivity index (χ3n) is 4.57. The number of hydrogen-bond donors (Lipinski definition) is 0.